The van der Waals surface area contributed by atoms with Gasteiger partial charge in [0.05, 0.1) is 28.2 Å². The Morgan fingerprint density at radius 1 is 1.21 bits per heavy atom. The van der Waals surface area contributed by atoms with Gasteiger partial charge in [0.1, 0.15) is 10.6 Å². The van der Waals surface area contributed by atoms with Crippen LogP contribution < -0.4 is 25.2 Å². The van der Waals surface area contributed by atoms with Gasteiger partial charge in [-0.05, 0) is 42.8 Å². The number of thiol groups is 1. The molecular formula is C24H27F3N4O8S3. The number of esters is 2. The normalized spacial score (nSPS) is 22.5. The zero-order chi connectivity index (χ0) is 31.1. The van der Waals surface area contributed by atoms with Crippen molar-refractivity contribution in [2.45, 2.75) is 54.0 Å². The number of hydrogen-bond acceptors (Lipinski definition) is 11. The van der Waals surface area contributed by atoms with Crippen LogP contribution in [0.25, 0.3) is 0 Å². The number of nitrogens with two attached hydrogens (primary N) is 1. The van der Waals surface area contributed by atoms with Crippen molar-refractivity contribution in [2.24, 2.45) is 11.1 Å². The minimum atomic E-state index is -5.13. The lowest BCUT2D eigenvalue weighted by atomic mass is 10.1. The van der Waals surface area contributed by atoms with Gasteiger partial charge in [-0.1, -0.05) is 19.1 Å². The maximum Gasteiger partial charge on any atom is 0.417 e. The fourth-order valence-electron chi connectivity index (χ4n) is 4.41. The molecular weight excluding hydrogens is 625 g/mol. The van der Waals surface area contributed by atoms with Gasteiger partial charge in [0.25, 0.3) is 5.72 Å². The number of nitrogens with one attached hydrogen (secondary N) is 3. The number of benzene rings is 2. The van der Waals surface area contributed by atoms with Crippen LogP contribution in [0, 0.1) is 5.92 Å². The molecule has 0 amide bonds. The van der Waals surface area contributed by atoms with Crippen molar-refractivity contribution in [3.8, 4) is 5.75 Å². The third-order valence-electron chi connectivity index (χ3n) is 6.58. The average molecular weight is 653 g/mol. The molecule has 230 valence electrons. The standard InChI is InChI=1S/C24H27F3N4O8S3/c1-13(12-40)21(32)38-22(33)23(7-2-8-29-23)39-15-5-3-14(4-6-15)9-20-30-17-10-16(24(25,26)27)18(41(28,34)35)11-19(17)42(36,37)31-20/h3-6,10-11,13,20,29-31,40H,2,7-9,12H2,1H3,(H2,28,34,35)/t13?,20?,23-/m1/s1. The molecule has 0 bridgehead atoms. The van der Waals surface area contributed by atoms with Gasteiger partial charge in [-0.3, -0.25) is 10.1 Å². The summed E-state index contributed by atoms with van der Waals surface area (Å²) in [6.07, 6.45) is -5.47. The summed E-state index contributed by atoms with van der Waals surface area (Å²) in [5.74, 6) is -1.83. The van der Waals surface area contributed by atoms with Gasteiger partial charge in [-0.15, -0.1) is 0 Å². The Kier molecular flexibility index (Phi) is 8.88. The van der Waals surface area contributed by atoms with Gasteiger partial charge in [0.15, 0.2) is 0 Å². The van der Waals surface area contributed by atoms with E-state index >= 15 is 0 Å². The molecule has 2 heterocycles. The first kappa shape index (κ1) is 32.0. The lowest BCUT2D eigenvalue weighted by Gasteiger charge is -2.30. The number of carbonyl (C=O) groups is 2. The lowest BCUT2D eigenvalue weighted by molar-refractivity contribution is -0.175. The second-order valence-electron chi connectivity index (χ2n) is 9.81. The van der Waals surface area contributed by atoms with Crippen LogP contribution in [-0.2, 0) is 47.0 Å². The van der Waals surface area contributed by atoms with Crippen LogP contribution in [-0.4, -0.2) is 53.0 Å². The summed E-state index contributed by atoms with van der Waals surface area (Å²) in [6.45, 7) is 2.00. The van der Waals surface area contributed by atoms with Crippen molar-refractivity contribution in [1.82, 2.24) is 10.0 Å². The highest BCUT2D eigenvalue weighted by atomic mass is 32.2. The van der Waals surface area contributed by atoms with Crippen LogP contribution in [0.15, 0.2) is 46.2 Å². The number of rotatable bonds is 8. The van der Waals surface area contributed by atoms with Crippen molar-refractivity contribution in [2.75, 3.05) is 17.6 Å². The molecule has 1 fully saturated rings. The largest absolute Gasteiger partial charge is 0.461 e. The monoisotopic (exact) mass is 652 g/mol. The number of anilines is 1. The average Bonchev–Trinajstić information content (AvgIpc) is 3.37. The Hall–Kier alpha value is -2.90. The second-order valence-corrected chi connectivity index (χ2v) is 13.4. The Balaban J connectivity index is 1.52. The number of hydrogen-bond donors (Lipinski definition) is 5. The molecule has 0 spiro atoms. The molecule has 18 heteroatoms. The number of halogens is 3. The van der Waals surface area contributed by atoms with E-state index in [9.17, 15) is 39.6 Å². The first-order valence-corrected chi connectivity index (χ1v) is 16.1. The zero-order valence-corrected chi connectivity index (χ0v) is 24.4. The summed E-state index contributed by atoms with van der Waals surface area (Å²) in [5, 5.41) is 10.5. The summed E-state index contributed by atoms with van der Waals surface area (Å²) in [7, 11) is -9.33. The molecule has 0 radical (unpaired) electrons. The van der Waals surface area contributed by atoms with Crippen LogP contribution in [0.3, 0.4) is 0 Å². The molecule has 0 aliphatic carbocycles. The molecule has 3 atom stereocenters. The van der Waals surface area contributed by atoms with E-state index in [1.807, 2.05) is 0 Å². The Labute approximate surface area is 245 Å². The quantitative estimate of drug-likeness (QED) is 0.160. The minimum absolute atomic E-state index is 0.0429. The highest BCUT2D eigenvalue weighted by Gasteiger charge is 2.47. The molecule has 12 nitrogen and oxygen atoms in total. The molecule has 2 aromatic rings. The van der Waals surface area contributed by atoms with E-state index in [1.54, 1.807) is 19.1 Å². The van der Waals surface area contributed by atoms with Gasteiger partial charge in [0.2, 0.25) is 20.0 Å². The van der Waals surface area contributed by atoms with Crippen LogP contribution in [0.4, 0.5) is 18.9 Å². The van der Waals surface area contributed by atoms with E-state index in [0.717, 1.165) is 0 Å². The number of alkyl halides is 3. The van der Waals surface area contributed by atoms with Gasteiger partial charge in [0, 0.05) is 18.6 Å². The summed E-state index contributed by atoms with van der Waals surface area (Å²) < 4.78 is 103. The third kappa shape index (κ3) is 6.84. The molecule has 4 rings (SSSR count). The number of sulfonamides is 2. The maximum atomic E-state index is 13.6. The van der Waals surface area contributed by atoms with E-state index in [4.69, 9.17) is 14.6 Å². The van der Waals surface area contributed by atoms with Gasteiger partial charge in [-0.25, -0.2) is 26.8 Å². The molecule has 1 saturated heterocycles. The minimum Gasteiger partial charge on any atom is -0.461 e. The molecule has 2 aromatic carbocycles. The van der Waals surface area contributed by atoms with Crippen molar-refractivity contribution in [3.63, 3.8) is 0 Å². The molecule has 0 saturated carbocycles. The maximum absolute atomic E-state index is 13.6. The fourth-order valence-corrected chi connectivity index (χ4v) is 6.72. The second kappa shape index (κ2) is 11.6. The van der Waals surface area contributed by atoms with E-state index in [0.29, 0.717) is 30.7 Å². The number of primary sulfonamides is 1. The summed E-state index contributed by atoms with van der Waals surface area (Å²) in [5.41, 5.74) is -3.13. The Morgan fingerprint density at radius 3 is 2.43 bits per heavy atom. The van der Waals surface area contributed by atoms with Crippen LogP contribution >= 0.6 is 12.6 Å². The van der Waals surface area contributed by atoms with Gasteiger partial charge >= 0.3 is 18.1 Å². The van der Waals surface area contributed by atoms with E-state index in [2.05, 4.69) is 28.0 Å². The zero-order valence-electron chi connectivity index (χ0n) is 21.9. The van der Waals surface area contributed by atoms with E-state index < -0.39 is 77.0 Å². The van der Waals surface area contributed by atoms with Gasteiger partial charge < -0.3 is 14.8 Å². The molecule has 42 heavy (non-hydrogen) atoms. The van der Waals surface area contributed by atoms with Crippen molar-refractivity contribution in [3.05, 3.63) is 47.5 Å². The first-order chi connectivity index (χ1) is 19.4. The predicted octanol–water partition coefficient (Wildman–Crippen LogP) is 1.72. The van der Waals surface area contributed by atoms with Crippen molar-refractivity contribution >= 4 is 50.3 Å². The highest BCUT2D eigenvalue weighted by Crippen LogP contribution is 2.39. The molecule has 2 unspecified atom stereocenters. The summed E-state index contributed by atoms with van der Waals surface area (Å²) in [6, 6.07) is 6.85. The molecule has 2 aliphatic heterocycles. The Morgan fingerprint density at radius 2 is 1.88 bits per heavy atom. The van der Waals surface area contributed by atoms with Crippen LogP contribution in [0.1, 0.15) is 30.9 Å². The highest BCUT2D eigenvalue weighted by molar-refractivity contribution is 7.90. The van der Waals surface area contributed by atoms with E-state index in [-0.39, 0.29) is 24.3 Å². The van der Waals surface area contributed by atoms with Crippen LogP contribution in [0.2, 0.25) is 0 Å². The smallest absolute Gasteiger partial charge is 0.417 e. The summed E-state index contributed by atoms with van der Waals surface area (Å²) >= 11 is 4.03. The third-order valence-corrected chi connectivity index (χ3v) is 9.59. The van der Waals surface area contributed by atoms with Crippen LogP contribution in [0.5, 0.6) is 5.75 Å². The summed E-state index contributed by atoms with van der Waals surface area (Å²) in [4.78, 5) is 22.8. The number of ether oxygens (including phenoxy) is 2. The fraction of sp³-hybridized carbons (Fsp3) is 0.417. The number of fused-ring (bicyclic) bond motifs is 1. The Bertz CT molecular complexity index is 1590. The predicted molar refractivity (Wildman–Crippen MR) is 145 cm³/mol. The SMILES string of the molecule is CC(CS)C(=O)OC(=O)[C@]1(Oc2ccc(CC3Nc4cc(C(F)(F)F)c(S(N)(=O)=O)cc4S(=O)(=O)N3)cc2)CCCN1. The van der Waals surface area contributed by atoms with E-state index in [1.165, 1.54) is 12.1 Å². The molecule has 5 N–H and O–H groups in total. The molecule has 0 aromatic heterocycles. The topological polar surface area (TPSA) is 183 Å². The lowest BCUT2D eigenvalue weighted by Crippen LogP contribution is -2.54. The number of carbonyl (C=O) groups excluding carboxylic acids is 2. The first-order valence-electron chi connectivity index (χ1n) is 12.4. The van der Waals surface area contributed by atoms with Crippen molar-refractivity contribution in [1.29, 1.82) is 0 Å². The molecule has 2 aliphatic rings. The van der Waals surface area contributed by atoms with Gasteiger partial charge in [-0.2, -0.15) is 30.5 Å². The van der Waals surface area contributed by atoms with Crippen molar-refractivity contribution < 1.29 is 49.1 Å².